The number of rotatable bonds is 1. The van der Waals surface area contributed by atoms with Crippen LogP contribution >= 0.6 is 0 Å². The molecule has 0 spiro atoms. The summed E-state index contributed by atoms with van der Waals surface area (Å²) in [6, 6.07) is 0. The molecule has 3 nitrogen and oxygen atoms in total. The van der Waals surface area contributed by atoms with E-state index in [1.807, 2.05) is 27.7 Å². The van der Waals surface area contributed by atoms with Gasteiger partial charge in [-0.3, -0.25) is 0 Å². The lowest BCUT2D eigenvalue weighted by molar-refractivity contribution is -0.328. The largest absolute Gasteiger partial charge is 0.331 e. The Morgan fingerprint density at radius 1 is 0.833 bits per heavy atom. The molecule has 0 saturated carbocycles. The van der Waals surface area contributed by atoms with Crippen molar-refractivity contribution < 1.29 is 14.2 Å². The molecule has 12 heavy (non-hydrogen) atoms. The highest BCUT2D eigenvalue weighted by atomic mass is 16.9. The minimum Gasteiger partial charge on any atom is -0.331 e. The standard InChI is InChI=1S/C9H18O3/c1-7(2)8(3,4)12-9(5,10-6)11-7/h1-6H3. The lowest BCUT2D eigenvalue weighted by atomic mass is 9.90. The van der Waals surface area contributed by atoms with Gasteiger partial charge >= 0.3 is 0 Å². The zero-order valence-corrected chi connectivity index (χ0v) is 8.72. The molecule has 0 aromatic carbocycles. The third-order valence-corrected chi connectivity index (χ3v) is 2.70. The minimum atomic E-state index is -0.896. The van der Waals surface area contributed by atoms with E-state index in [1.54, 1.807) is 14.0 Å². The van der Waals surface area contributed by atoms with Crippen molar-refractivity contribution in [3.8, 4) is 0 Å². The molecule has 3 heteroatoms. The normalized spacial score (nSPS) is 30.5. The van der Waals surface area contributed by atoms with Crippen molar-refractivity contribution in [2.75, 3.05) is 7.11 Å². The van der Waals surface area contributed by atoms with Gasteiger partial charge in [0.15, 0.2) is 0 Å². The molecule has 0 bridgehead atoms. The van der Waals surface area contributed by atoms with E-state index in [4.69, 9.17) is 14.2 Å². The van der Waals surface area contributed by atoms with Gasteiger partial charge < -0.3 is 14.2 Å². The first kappa shape index (κ1) is 9.96. The summed E-state index contributed by atoms with van der Waals surface area (Å²) in [5.74, 6) is -0.896. The highest BCUT2D eigenvalue weighted by Crippen LogP contribution is 2.43. The first-order chi connectivity index (χ1) is 5.22. The summed E-state index contributed by atoms with van der Waals surface area (Å²) in [5, 5.41) is 0. The lowest BCUT2D eigenvalue weighted by Gasteiger charge is -2.29. The van der Waals surface area contributed by atoms with Crippen molar-refractivity contribution in [2.24, 2.45) is 0 Å². The van der Waals surface area contributed by atoms with Crippen LogP contribution in [0.1, 0.15) is 34.6 Å². The molecule has 0 atom stereocenters. The molecule has 1 aliphatic heterocycles. The fraction of sp³-hybridized carbons (Fsp3) is 1.00. The van der Waals surface area contributed by atoms with Gasteiger partial charge in [-0.1, -0.05) is 0 Å². The molecular formula is C9H18O3. The van der Waals surface area contributed by atoms with Gasteiger partial charge in [0.1, 0.15) is 0 Å². The Kier molecular flexibility index (Phi) is 2.02. The Morgan fingerprint density at radius 2 is 1.17 bits per heavy atom. The summed E-state index contributed by atoms with van der Waals surface area (Å²) in [6.07, 6.45) is 0. The van der Waals surface area contributed by atoms with Crippen LogP contribution < -0.4 is 0 Å². The van der Waals surface area contributed by atoms with Crippen LogP contribution in [0, 0.1) is 0 Å². The van der Waals surface area contributed by atoms with E-state index in [0.29, 0.717) is 0 Å². The number of hydrogen-bond acceptors (Lipinski definition) is 3. The second kappa shape index (κ2) is 2.44. The quantitative estimate of drug-likeness (QED) is 0.607. The van der Waals surface area contributed by atoms with Crippen molar-refractivity contribution in [1.82, 2.24) is 0 Å². The first-order valence-electron chi connectivity index (χ1n) is 4.18. The van der Waals surface area contributed by atoms with Crippen LogP contribution in [-0.2, 0) is 14.2 Å². The molecule has 0 radical (unpaired) electrons. The molecule has 1 aliphatic rings. The SMILES string of the molecule is COC1(C)OC(C)(C)C(C)(C)O1. The van der Waals surface area contributed by atoms with Crippen LogP contribution in [0.15, 0.2) is 0 Å². The van der Waals surface area contributed by atoms with E-state index in [2.05, 4.69) is 0 Å². The van der Waals surface area contributed by atoms with Crippen LogP contribution in [0.25, 0.3) is 0 Å². The summed E-state index contributed by atoms with van der Waals surface area (Å²) < 4.78 is 16.4. The Morgan fingerprint density at radius 3 is 1.33 bits per heavy atom. The maximum Gasteiger partial charge on any atom is 0.280 e. The summed E-state index contributed by atoms with van der Waals surface area (Å²) in [4.78, 5) is 0. The number of ether oxygens (including phenoxy) is 3. The van der Waals surface area contributed by atoms with Crippen molar-refractivity contribution in [2.45, 2.75) is 51.8 Å². The van der Waals surface area contributed by atoms with Crippen LogP contribution in [0.5, 0.6) is 0 Å². The maximum atomic E-state index is 5.66. The molecule has 1 heterocycles. The molecule has 1 fully saturated rings. The highest BCUT2D eigenvalue weighted by Gasteiger charge is 2.55. The van der Waals surface area contributed by atoms with E-state index in [9.17, 15) is 0 Å². The van der Waals surface area contributed by atoms with E-state index in [1.165, 1.54) is 0 Å². The van der Waals surface area contributed by atoms with E-state index < -0.39 is 5.97 Å². The highest BCUT2D eigenvalue weighted by molar-refractivity contribution is 4.95. The Bertz CT molecular complexity index is 168. The molecule has 1 rings (SSSR count). The van der Waals surface area contributed by atoms with E-state index in [0.717, 1.165) is 0 Å². The van der Waals surface area contributed by atoms with Crippen LogP contribution in [-0.4, -0.2) is 24.3 Å². The van der Waals surface area contributed by atoms with Crippen molar-refractivity contribution in [3.63, 3.8) is 0 Å². The summed E-state index contributed by atoms with van der Waals surface area (Å²) in [7, 11) is 1.58. The summed E-state index contributed by atoms with van der Waals surface area (Å²) in [5.41, 5.74) is -0.643. The van der Waals surface area contributed by atoms with Crippen LogP contribution in [0.3, 0.4) is 0 Å². The Hall–Kier alpha value is -0.120. The molecule has 0 amide bonds. The van der Waals surface area contributed by atoms with Gasteiger partial charge in [-0.15, -0.1) is 0 Å². The third kappa shape index (κ3) is 1.37. The molecule has 0 N–H and O–H groups in total. The summed E-state index contributed by atoms with van der Waals surface area (Å²) in [6.45, 7) is 9.77. The molecule has 72 valence electrons. The van der Waals surface area contributed by atoms with Crippen LogP contribution in [0.4, 0.5) is 0 Å². The van der Waals surface area contributed by atoms with Crippen LogP contribution in [0.2, 0.25) is 0 Å². The Labute approximate surface area is 74.0 Å². The van der Waals surface area contributed by atoms with Crippen molar-refractivity contribution in [3.05, 3.63) is 0 Å². The Balaban J connectivity index is 2.88. The van der Waals surface area contributed by atoms with Gasteiger partial charge in [0.25, 0.3) is 5.97 Å². The molecule has 0 aliphatic carbocycles. The van der Waals surface area contributed by atoms with Crippen molar-refractivity contribution >= 4 is 0 Å². The number of hydrogen-bond donors (Lipinski definition) is 0. The lowest BCUT2D eigenvalue weighted by Crippen LogP contribution is -2.41. The van der Waals surface area contributed by atoms with Gasteiger partial charge in [-0.25, -0.2) is 0 Å². The molecule has 1 saturated heterocycles. The van der Waals surface area contributed by atoms with Gasteiger partial charge in [-0.05, 0) is 27.7 Å². The third-order valence-electron chi connectivity index (χ3n) is 2.70. The smallest absolute Gasteiger partial charge is 0.280 e. The molecule has 0 aromatic heterocycles. The second-order valence-electron chi connectivity index (χ2n) is 4.29. The van der Waals surface area contributed by atoms with Gasteiger partial charge in [0, 0.05) is 14.0 Å². The minimum absolute atomic E-state index is 0.322. The van der Waals surface area contributed by atoms with Crippen molar-refractivity contribution in [1.29, 1.82) is 0 Å². The van der Waals surface area contributed by atoms with Gasteiger partial charge in [-0.2, -0.15) is 0 Å². The van der Waals surface area contributed by atoms with E-state index in [-0.39, 0.29) is 11.2 Å². The molecule has 0 unspecified atom stereocenters. The second-order valence-corrected chi connectivity index (χ2v) is 4.29. The van der Waals surface area contributed by atoms with E-state index >= 15 is 0 Å². The fourth-order valence-corrected chi connectivity index (χ4v) is 1.28. The monoisotopic (exact) mass is 174 g/mol. The predicted octanol–water partition coefficient (Wildman–Crippen LogP) is 1.91. The zero-order chi connectivity index (χ0) is 9.62. The predicted molar refractivity (Wildman–Crippen MR) is 45.7 cm³/mol. The maximum absolute atomic E-state index is 5.66. The number of methoxy groups -OCH3 is 1. The summed E-state index contributed by atoms with van der Waals surface area (Å²) >= 11 is 0. The fourth-order valence-electron chi connectivity index (χ4n) is 1.28. The topological polar surface area (TPSA) is 27.7 Å². The first-order valence-corrected chi connectivity index (χ1v) is 4.18. The molecular weight excluding hydrogens is 156 g/mol. The zero-order valence-electron chi connectivity index (χ0n) is 8.72. The average Bonchev–Trinajstić information content (AvgIpc) is 1.99. The average molecular weight is 174 g/mol. The van der Waals surface area contributed by atoms with Gasteiger partial charge in [0.2, 0.25) is 0 Å². The van der Waals surface area contributed by atoms with Gasteiger partial charge in [0.05, 0.1) is 11.2 Å². The molecule has 0 aromatic rings.